The Morgan fingerprint density at radius 1 is 0.917 bits per heavy atom. The SMILES string of the molecule is O=C(NN=C(C=NO)c1ccc(Cl)c(Cl)c1)c1ccc(Cl)c(Cl)c1. The van der Waals surface area contributed by atoms with Gasteiger partial charge in [-0.05, 0) is 30.3 Å². The smallest absolute Gasteiger partial charge is 0.271 e. The van der Waals surface area contributed by atoms with Gasteiger partial charge >= 0.3 is 0 Å². The maximum absolute atomic E-state index is 12.1. The van der Waals surface area contributed by atoms with Crippen LogP contribution in [0.4, 0.5) is 0 Å². The maximum Gasteiger partial charge on any atom is 0.271 e. The number of hydrogen-bond donors (Lipinski definition) is 2. The van der Waals surface area contributed by atoms with Gasteiger partial charge in [0.05, 0.1) is 26.3 Å². The summed E-state index contributed by atoms with van der Waals surface area (Å²) in [7, 11) is 0. The standard InChI is InChI=1S/C15H9Cl4N3O2/c16-10-3-1-8(5-12(10)18)14(7-20-24)21-22-15(23)9-2-4-11(17)13(19)6-9/h1-7,24H,(H,22,23). The Labute approximate surface area is 157 Å². The van der Waals surface area contributed by atoms with Crippen molar-refractivity contribution in [2.24, 2.45) is 10.3 Å². The van der Waals surface area contributed by atoms with Crippen LogP contribution in [0.15, 0.2) is 46.7 Å². The van der Waals surface area contributed by atoms with Crippen LogP contribution in [0.3, 0.4) is 0 Å². The topological polar surface area (TPSA) is 74.0 Å². The molecule has 0 aromatic heterocycles. The minimum atomic E-state index is -0.516. The number of hydrazone groups is 1. The first-order valence-electron chi connectivity index (χ1n) is 6.38. The first kappa shape index (κ1) is 18.5. The fourth-order valence-corrected chi connectivity index (χ4v) is 2.29. The monoisotopic (exact) mass is 403 g/mol. The Morgan fingerprint density at radius 2 is 1.46 bits per heavy atom. The second kappa shape index (κ2) is 8.35. The van der Waals surface area contributed by atoms with Gasteiger partial charge in [-0.2, -0.15) is 5.10 Å². The third-order valence-electron chi connectivity index (χ3n) is 2.86. The number of halogens is 4. The largest absolute Gasteiger partial charge is 0.411 e. The van der Waals surface area contributed by atoms with Crippen LogP contribution in [-0.2, 0) is 0 Å². The quantitative estimate of drug-likeness (QED) is 0.432. The molecule has 0 radical (unpaired) electrons. The molecule has 2 N–H and O–H groups in total. The lowest BCUT2D eigenvalue weighted by molar-refractivity contribution is 0.0955. The molecule has 0 atom stereocenters. The van der Waals surface area contributed by atoms with Crippen molar-refractivity contribution in [3.63, 3.8) is 0 Å². The maximum atomic E-state index is 12.1. The van der Waals surface area contributed by atoms with Crippen LogP contribution >= 0.6 is 46.4 Å². The van der Waals surface area contributed by atoms with Crippen molar-refractivity contribution in [1.82, 2.24) is 5.43 Å². The lowest BCUT2D eigenvalue weighted by Crippen LogP contribution is -2.20. The van der Waals surface area contributed by atoms with Crippen molar-refractivity contribution in [2.75, 3.05) is 0 Å². The molecular formula is C15H9Cl4N3O2. The first-order chi connectivity index (χ1) is 11.4. The molecule has 0 aliphatic heterocycles. The summed E-state index contributed by atoms with van der Waals surface area (Å²) >= 11 is 23.5. The summed E-state index contributed by atoms with van der Waals surface area (Å²) in [5.74, 6) is -0.516. The molecule has 124 valence electrons. The Bertz CT molecular complexity index is 837. The van der Waals surface area contributed by atoms with Crippen LogP contribution in [0.5, 0.6) is 0 Å². The zero-order valence-electron chi connectivity index (χ0n) is 11.8. The zero-order chi connectivity index (χ0) is 17.7. The molecular weight excluding hydrogens is 396 g/mol. The van der Waals surface area contributed by atoms with Gasteiger partial charge in [0, 0.05) is 11.1 Å². The van der Waals surface area contributed by atoms with E-state index < -0.39 is 5.91 Å². The summed E-state index contributed by atoms with van der Waals surface area (Å²) in [4.78, 5) is 12.1. The van der Waals surface area contributed by atoms with E-state index in [0.29, 0.717) is 20.6 Å². The van der Waals surface area contributed by atoms with Crippen LogP contribution in [0.1, 0.15) is 15.9 Å². The third-order valence-corrected chi connectivity index (χ3v) is 4.33. The molecule has 5 nitrogen and oxygen atoms in total. The molecule has 0 saturated carbocycles. The second-order valence-electron chi connectivity index (χ2n) is 4.44. The number of nitrogens with zero attached hydrogens (tertiary/aromatic N) is 2. The van der Waals surface area contributed by atoms with E-state index in [2.05, 4.69) is 15.7 Å². The van der Waals surface area contributed by atoms with Crippen LogP contribution in [0.2, 0.25) is 20.1 Å². The molecule has 0 saturated heterocycles. The van der Waals surface area contributed by atoms with Crippen molar-refractivity contribution in [3.8, 4) is 0 Å². The highest BCUT2D eigenvalue weighted by Gasteiger charge is 2.09. The highest BCUT2D eigenvalue weighted by Crippen LogP contribution is 2.23. The van der Waals surface area contributed by atoms with E-state index in [4.69, 9.17) is 51.6 Å². The average Bonchev–Trinajstić information content (AvgIpc) is 2.56. The summed E-state index contributed by atoms with van der Waals surface area (Å²) in [6.07, 6.45) is 1.05. The van der Waals surface area contributed by atoms with E-state index in [0.717, 1.165) is 6.21 Å². The number of benzene rings is 2. The van der Waals surface area contributed by atoms with Crippen LogP contribution < -0.4 is 5.43 Å². The molecule has 24 heavy (non-hydrogen) atoms. The minimum Gasteiger partial charge on any atom is -0.411 e. The van der Waals surface area contributed by atoms with E-state index in [1.165, 1.54) is 24.3 Å². The van der Waals surface area contributed by atoms with Gasteiger partial charge in [-0.3, -0.25) is 4.79 Å². The molecule has 0 aliphatic carbocycles. The number of oxime groups is 1. The zero-order valence-corrected chi connectivity index (χ0v) is 14.8. The lowest BCUT2D eigenvalue weighted by atomic mass is 10.1. The average molecular weight is 405 g/mol. The fraction of sp³-hybridized carbons (Fsp3) is 0. The molecule has 1 amide bonds. The van der Waals surface area contributed by atoms with Gasteiger partial charge < -0.3 is 5.21 Å². The first-order valence-corrected chi connectivity index (χ1v) is 7.89. The number of amides is 1. The van der Waals surface area contributed by atoms with E-state index in [1.54, 1.807) is 12.1 Å². The van der Waals surface area contributed by atoms with Crippen LogP contribution in [0.25, 0.3) is 0 Å². The van der Waals surface area contributed by atoms with E-state index in [-0.39, 0.29) is 16.3 Å². The summed E-state index contributed by atoms with van der Waals surface area (Å²) in [5, 5.41) is 16.8. The summed E-state index contributed by atoms with van der Waals surface area (Å²) in [6, 6.07) is 9.10. The van der Waals surface area contributed by atoms with Crippen LogP contribution in [-0.4, -0.2) is 23.0 Å². The van der Waals surface area contributed by atoms with Gasteiger partial charge in [-0.1, -0.05) is 57.6 Å². The number of carbonyl (C=O) groups excluding carboxylic acids is 1. The highest BCUT2D eigenvalue weighted by molar-refractivity contribution is 6.44. The predicted octanol–water partition coefficient (Wildman–Crippen LogP) is 4.89. The molecule has 2 aromatic rings. The van der Waals surface area contributed by atoms with Crippen molar-refractivity contribution < 1.29 is 10.0 Å². The van der Waals surface area contributed by atoms with Gasteiger partial charge in [-0.25, -0.2) is 5.43 Å². The number of rotatable bonds is 4. The van der Waals surface area contributed by atoms with Crippen molar-refractivity contribution in [2.45, 2.75) is 0 Å². The number of carbonyl (C=O) groups is 1. The fourth-order valence-electron chi connectivity index (χ4n) is 1.69. The Hall–Kier alpha value is -1.79. The molecule has 0 spiro atoms. The van der Waals surface area contributed by atoms with E-state index in [1.807, 2.05) is 0 Å². The minimum absolute atomic E-state index is 0.171. The van der Waals surface area contributed by atoms with E-state index >= 15 is 0 Å². The molecule has 0 fully saturated rings. The predicted molar refractivity (Wildman–Crippen MR) is 97.2 cm³/mol. The van der Waals surface area contributed by atoms with E-state index in [9.17, 15) is 4.79 Å². The number of nitrogens with one attached hydrogen (secondary N) is 1. The van der Waals surface area contributed by atoms with Gasteiger partial charge in [0.1, 0.15) is 5.71 Å². The normalized spacial score (nSPS) is 11.8. The summed E-state index contributed by atoms with van der Waals surface area (Å²) in [6.45, 7) is 0. The highest BCUT2D eigenvalue weighted by atomic mass is 35.5. The van der Waals surface area contributed by atoms with Gasteiger partial charge in [0.15, 0.2) is 0 Å². The van der Waals surface area contributed by atoms with Gasteiger partial charge in [0.25, 0.3) is 5.91 Å². The third kappa shape index (κ3) is 4.61. The molecule has 0 bridgehead atoms. The van der Waals surface area contributed by atoms with Crippen molar-refractivity contribution in [3.05, 3.63) is 67.6 Å². The van der Waals surface area contributed by atoms with Crippen molar-refractivity contribution in [1.29, 1.82) is 0 Å². The number of hydrogen-bond acceptors (Lipinski definition) is 4. The molecule has 9 heteroatoms. The lowest BCUT2D eigenvalue weighted by Gasteiger charge is -2.05. The molecule has 2 rings (SSSR count). The van der Waals surface area contributed by atoms with Gasteiger partial charge in [-0.15, -0.1) is 0 Å². The van der Waals surface area contributed by atoms with Crippen molar-refractivity contribution >= 4 is 64.2 Å². The molecule has 0 heterocycles. The summed E-state index contributed by atoms with van der Waals surface area (Å²) in [5.41, 5.74) is 3.27. The molecule has 0 aliphatic rings. The van der Waals surface area contributed by atoms with Crippen LogP contribution in [0, 0.1) is 0 Å². The van der Waals surface area contributed by atoms with Gasteiger partial charge in [0.2, 0.25) is 0 Å². The Kier molecular flexibility index (Phi) is 6.45. The Morgan fingerprint density at radius 3 is 2.00 bits per heavy atom. The summed E-state index contributed by atoms with van der Waals surface area (Å²) < 4.78 is 0. The molecule has 2 aromatic carbocycles. The second-order valence-corrected chi connectivity index (χ2v) is 6.07. The Balaban J connectivity index is 2.26. The molecule has 0 unspecified atom stereocenters.